The highest BCUT2D eigenvalue weighted by Gasteiger charge is 2.25. The standard InChI is InChI=1S/C18H25BrN4O2S/c1-18(2,3)13-7-14(19)17-15(8-13)22-16(10-20-17)23-6-5-12(11-23)9-21-26(4,24)25/h7-8,10,12,21H,5-6,9,11H2,1-4H3/t12-/m1/s1. The zero-order valence-corrected chi connectivity index (χ0v) is 18.0. The number of nitrogens with one attached hydrogen (secondary N) is 1. The van der Waals surface area contributed by atoms with Crippen molar-refractivity contribution in [3.63, 3.8) is 0 Å². The van der Waals surface area contributed by atoms with Gasteiger partial charge >= 0.3 is 0 Å². The van der Waals surface area contributed by atoms with Crippen LogP contribution in [0.5, 0.6) is 0 Å². The van der Waals surface area contributed by atoms with Crippen molar-refractivity contribution in [2.24, 2.45) is 5.92 Å². The van der Waals surface area contributed by atoms with Crippen molar-refractivity contribution < 1.29 is 8.42 Å². The van der Waals surface area contributed by atoms with Crippen molar-refractivity contribution in [2.45, 2.75) is 32.6 Å². The average Bonchev–Trinajstić information content (AvgIpc) is 3.00. The summed E-state index contributed by atoms with van der Waals surface area (Å²) in [6.45, 7) is 8.64. The lowest BCUT2D eigenvalue weighted by atomic mass is 9.87. The first-order valence-corrected chi connectivity index (χ1v) is 11.4. The fourth-order valence-electron chi connectivity index (χ4n) is 3.13. The van der Waals surface area contributed by atoms with E-state index in [0.717, 1.165) is 40.8 Å². The summed E-state index contributed by atoms with van der Waals surface area (Å²) in [5.74, 6) is 1.13. The molecular weight excluding hydrogens is 416 g/mol. The van der Waals surface area contributed by atoms with Gasteiger partial charge in [0.15, 0.2) is 0 Å². The molecule has 0 aliphatic carbocycles. The summed E-state index contributed by atoms with van der Waals surface area (Å²) in [6.07, 6.45) is 3.93. The number of anilines is 1. The van der Waals surface area contributed by atoms with Crippen LogP contribution in [0.25, 0.3) is 11.0 Å². The second kappa shape index (κ2) is 7.05. The summed E-state index contributed by atoms with van der Waals surface area (Å²) in [5, 5.41) is 0. The summed E-state index contributed by atoms with van der Waals surface area (Å²) < 4.78 is 26.1. The van der Waals surface area contributed by atoms with Gasteiger partial charge < -0.3 is 4.90 Å². The number of hydrogen-bond acceptors (Lipinski definition) is 5. The Balaban J connectivity index is 1.83. The monoisotopic (exact) mass is 440 g/mol. The van der Waals surface area contributed by atoms with E-state index < -0.39 is 10.0 Å². The van der Waals surface area contributed by atoms with E-state index in [-0.39, 0.29) is 11.3 Å². The molecule has 0 unspecified atom stereocenters. The topological polar surface area (TPSA) is 75.2 Å². The highest BCUT2D eigenvalue weighted by Crippen LogP contribution is 2.31. The molecule has 1 fully saturated rings. The number of hydrogen-bond donors (Lipinski definition) is 1. The molecule has 0 radical (unpaired) electrons. The number of rotatable bonds is 4. The minimum atomic E-state index is -3.15. The molecule has 2 heterocycles. The summed E-state index contributed by atoms with van der Waals surface area (Å²) in [6, 6.07) is 4.22. The summed E-state index contributed by atoms with van der Waals surface area (Å²) in [5.41, 5.74) is 2.97. The van der Waals surface area contributed by atoms with Gasteiger partial charge in [0.05, 0.1) is 18.0 Å². The Morgan fingerprint density at radius 3 is 2.73 bits per heavy atom. The third-order valence-electron chi connectivity index (χ3n) is 4.70. The zero-order valence-electron chi connectivity index (χ0n) is 15.6. The first kappa shape index (κ1) is 19.5. The molecule has 6 nitrogen and oxygen atoms in total. The van der Waals surface area contributed by atoms with Crippen LogP contribution in [0.15, 0.2) is 22.8 Å². The van der Waals surface area contributed by atoms with Gasteiger partial charge in [0, 0.05) is 24.1 Å². The van der Waals surface area contributed by atoms with Gasteiger partial charge in [-0.25, -0.2) is 23.1 Å². The quantitative estimate of drug-likeness (QED) is 0.790. The van der Waals surface area contributed by atoms with Crippen LogP contribution in [0.4, 0.5) is 5.82 Å². The lowest BCUT2D eigenvalue weighted by molar-refractivity contribution is 0.545. The molecule has 1 aliphatic heterocycles. The van der Waals surface area contributed by atoms with Crippen LogP contribution < -0.4 is 9.62 Å². The summed E-state index contributed by atoms with van der Waals surface area (Å²) in [7, 11) is -3.15. The number of sulfonamides is 1. The lowest BCUT2D eigenvalue weighted by Gasteiger charge is -2.21. The Morgan fingerprint density at radius 1 is 1.35 bits per heavy atom. The normalized spacial score (nSPS) is 18.7. The van der Waals surface area contributed by atoms with E-state index in [9.17, 15) is 8.42 Å². The maximum atomic E-state index is 11.3. The fraction of sp³-hybridized carbons (Fsp3) is 0.556. The van der Waals surface area contributed by atoms with E-state index in [4.69, 9.17) is 4.98 Å². The first-order chi connectivity index (χ1) is 12.0. The molecule has 0 bridgehead atoms. The van der Waals surface area contributed by atoms with E-state index in [1.54, 1.807) is 6.20 Å². The van der Waals surface area contributed by atoms with Gasteiger partial charge in [-0.2, -0.15) is 0 Å². The Kier molecular flexibility index (Phi) is 5.29. The summed E-state index contributed by atoms with van der Waals surface area (Å²) in [4.78, 5) is 11.6. The molecule has 1 aliphatic rings. The number of fused-ring (bicyclic) bond motifs is 1. The van der Waals surface area contributed by atoms with Gasteiger partial charge in [-0.1, -0.05) is 20.8 Å². The number of nitrogens with zero attached hydrogens (tertiary/aromatic N) is 3. The van der Waals surface area contributed by atoms with Gasteiger partial charge in [0.25, 0.3) is 0 Å². The fourth-order valence-corrected chi connectivity index (χ4v) is 4.22. The van der Waals surface area contributed by atoms with Crippen molar-refractivity contribution >= 4 is 42.8 Å². The van der Waals surface area contributed by atoms with E-state index in [0.29, 0.717) is 6.54 Å². The molecule has 142 valence electrons. The van der Waals surface area contributed by atoms with Gasteiger partial charge in [0.2, 0.25) is 10.0 Å². The van der Waals surface area contributed by atoms with Crippen molar-refractivity contribution in [2.75, 3.05) is 30.8 Å². The van der Waals surface area contributed by atoms with Crippen LogP contribution in [0.1, 0.15) is 32.8 Å². The Morgan fingerprint density at radius 2 is 2.08 bits per heavy atom. The predicted octanol–water partition coefficient (Wildman–Crippen LogP) is 3.07. The molecule has 0 spiro atoms. The second-order valence-electron chi connectivity index (χ2n) is 8.03. The SMILES string of the molecule is CC(C)(C)c1cc(Br)c2ncc(N3CC[C@H](CNS(C)(=O)=O)C3)nc2c1. The molecule has 8 heteroatoms. The largest absolute Gasteiger partial charge is 0.355 e. The van der Waals surface area contributed by atoms with Gasteiger partial charge in [-0.15, -0.1) is 0 Å². The van der Waals surface area contributed by atoms with Gasteiger partial charge in [-0.3, -0.25) is 0 Å². The van der Waals surface area contributed by atoms with Crippen molar-refractivity contribution in [1.29, 1.82) is 0 Å². The number of halogens is 1. The highest BCUT2D eigenvalue weighted by atomic mass is 79.9. The van der Waals surface area contributed by atoms with E-state index in [1.165, 1.54) is 11.8 Å². The third kappa shape index (κ3) is 4.53. The predicted molar refractivity (Wildman–Crippen MR) is 109 cm³/mol. The molecule has 26 heavy (non-hydrogen) atoms. The van der Waals surface area contributed by atoms with Gasteiger partial charge in [-0.05, 0) is 51.4 Å². The average molecular weight is 441 g/mol. The molecule has 1 saturated heterocycles. The van der Waals surface area contributed by atoms with E-state index >= 15 is 0 Å². The van der Waals surface area contributed by atoms with Crippen molar-refractivity contribution in [3.8, 4) is 0 Å². The maximum Gasteiger partial charge on any atom is 0.208 e. The molecular formula is C18H25BrN4O2S. The smallest absolute Gasteiger partial charge is 0.208 e. The van der Waals surface area contributed by atoms with E-state index in [2.05, 4.69) is 63.4 Å². The Bertz CT molecular complexity index is 925. The first-order valence-electron chi connectivity index (χ1n) is 8.69. The second-order valence-corrected chi connectivity index (χ2v) is 10.7. The molecule has 0 amide bonds. The van der Waals surface area contributed by atoms with Crippen LogP contribution in [-0.2, 0) is 15.4 Å². The molecule has 2 aromatic rings. The maximum absolute atomic E-state index is 11.3. The molecule has 0 saturated carbocycles. The number of benzene rings is 1. The molecule has 1 atom stereocenters. The van der Waals surface area contributed by atoms with Gasteiger partial charge in [0.1, 0.15) is 11.3 Å². The molecule has 3 rings (SSSR count). The van der Waals surface area contributed by atoms with Crippen LogP contribution in [0.2, 0.25) is 0 Å². The van der Waals surface area contributed by atoms with E-state index in [1.807, 2.05) is 0 Å². The zero-order chi connectivity index (χ0) is 19.1. The van der Waals surface area contributed by atoms with Crippen molar-refractivity contribution in [1.82, 2.24) is 14.7 Å². The lowest BCUT2D eigenvalue weighted by Crippen LogP contribution is -2.30. The van der Waals surface area contributed by atoms with Crippen LogP contribution >= 0.6 is 15.9 Å². The minimum absolute atomic E-state index is 0.0322. The Labute approximate surface area is 163 Å². The van der Waals surface area contributed by atoms with Crippen LogP contribution in [0, 0.1) is 5.92 Å². The van der Waals surface area contributed by atoms with Crippen LogP contribution in [0.3, 0.4) is 0 Å². The number of aromatic nitrogens is 2. The molecule has 1 aromatic heterocycles. The third-order valence-corrected chi connectivity index (χ3v) is 5.99. The molecule has 1 aromatic carbocycles. The van der Waals surface area contributed by atoms with Crippen molar-refractivity contribution in [3.05, 3.63) is 28.4 Å². The summed E-state index contributed by atoms with van der Waals surface area (Å²) >= 11 is 3.62. The van der Waals surface area contributed by atoms with Crippen LogP contribution in [-0.4, -0.2) is 44.3 Å². The highest BCUT2D eigenvalue weighted by molar-refractivity contribution is 9.10. The minimum Gasteiger partial charge on any atom is -0.355 e. The Hall–Kier alpha value is -1.25. The molecule has 1 N–H and O–H groups in total.